The number of hydrogen-bond donors (Lipinski definition) is 1. The fourth-order valence-corrected chi connectivity index (χ4v) is 1.76. The lowest BCUT2D eigenvalue weighted by molar-refractivity contribution is 0.447. The van der Waals surface area contributed by atoms with E-state index in [0.717, 1.165) is 18.2 Å². The molecule has 0 aromatic heterocycles. The summed E-state index contributed by atoms with van der Waals surface area (Å²) in [6.07, 6.45) is 0. The van der Waals surface area contributed by atoms with E-state index in [1.54, 1.807) is 6.92 Å². The van der Waals surface area contributed by atoms with Crippen molar-refractivity contribution in [1.82, 2.24) is 0 Å². The van der Waals surface area contributed by atoms with Gasteiger partial charge >= 0.3 is 0 Å². The number of benzene rings is 2. The first kappa shape index (κ1) is 13.5. The average Bonchev–Trinajstić information content (AvgIpc) is 2.35. The zero-order chi connectivity index (χ0) is 14.2. The minimum Gasteiger partial charge on any atom is -0.324 e. The van der Waals surface area contributed by atoms with Crippen LogP contribution in [0.2, 0.25) is 0 Å². The van der Waals surface area contributed by atoms with Crippen LogP contribution >= 0.6 is 0 Å². The van der Waals surface area contributed by atoms with E-state index in [1.807, 2.05) is 0 Å². The summed E-state index contributed by atoms with van der Waals surface area (Å²) in [6, 6.07) is 5.19. The summed E-state index contributed by atoms with van der Waals surface area (Å²) < 4.78 is 52.9. The zero-order valence-corrected chi connectivity index (χ0v) is 10.1. The lowest BCUT2D eigenvalue weighted by Gasteiger charge is -2.10. The van der Waals surface area contributed by atoms with Crippen LogP contribution < -0.4 is 5.73 Å². The lowest BCUT2D eigenvalue weighted by atomic mass is 9.99. The van der Waals surface area contributed by atoms with Crippen LogP contribution in [0.15, 0.2) is 30.3 Å². The molecule has 0 spiro atoms. The van der Waals surface area contributed by atoms with E-state index in [-0.39, 0.29) is 17.2 Å². The second kappa shape index (κ2) is 5.01. The smallest absolute Gasteiger partial charge is 0.194 e. The third-order valence-corrected chi connectivity index (χ3v) is 2.81. The van der Waals surface area contributed by atoms with E-state index in [4.69, 9.17) is 5.73 Å². The van der Waals surface area contributed by atoms with Crippen molar-refractivity contribution in [2.45, 2.75) is 13.0 Å². The SMILES string of the molecule is CC(N)c1ccc(F)c(-c2cc(F)c(F)c(F)c2)c1. The van der Waals surface area contributed by atoms with E-state index in [9.17, 15) is 17.6 Å². The Morgan fingerprint density at radius 2 is 1.47 bits per heavy atom. The molecule has 0 bridgehead atoms. The van der Waals surface area contributed by atoms with Gasteiger partial charge in [-0.3, -0.25) is 0 Å². The van der Waals surface area contributed by atoms with Gasteiger partial charge < -0.3 is 5.73 Å². The van der Waals surface area contributed by atoms with Crippen LogP contribution in [-0.2, 0) is 0 Å². The predicted octanol–water partition coefficient (Wildman–Crippen LogP) is 3.93. The highest BCUT2D eigenvalue weighted by Crippen LogP contribution is 2.28. The molecule has 2 aromatic rings. The highest BCUT2D eigenvalue weighted by Gasteiger charge is 2.15. The fraction of sp³-hybridized carbons (Fsp3) is 0.143. The first-order valence-corrected chi connectivity index (χ1v) is 5.60. The first-order valence-electron chi connectivity index (χ1n) is 5.60. The number of nitrogens with two attached hydrogens (primary N) is 1. The molecule has 0 amide bonds. The van der Waals surface area contributed by atoms with Gasteiger partial charge in [0.25, 0.3) is 0 Å². The Balaban J connectivity index is 2.61. The van der Waals surface area contributed by atoms with Crippen molar-refractivity contribution in [3.05, 3.63) is 59.2 Å². The Kier molecular flexibility index (Phi) is 3.57. The molecular formula is C14H11F4N. The third kappa shape index (κ3) is 2.61. The summed E-state index contributed by atoms with van der Waals surface area (Å²) in [7, 11) is 0. The second-order valence-corrected chi connectivity index (χ2v) is 4.28. The van der Waals surface area contributed by atoms with E-state index >= 15 is 0 Å². The molecule has 0 aliphatic heterocycles. The van der Waals surface area contributed by atoms with Gasteiger partial charge in [0, 0.05) is 11.6 Å². The van der Waals surface area contributed by atoms with Crippen LogP contribution in [0.3, 0.4) is 0 Å². The number of halogens is 4. The normalized spacial score (nSPS) is 12.5. The largest absolute Gasteiger partial charge is 0.324 e. The second-order valence-electron chi connectivity index (χ2n) is 4.28. The number of rotatable bonds is 2. The molecular weight excluding hydrogens is 258 g/mol. The van der Waals surface area contributed by atoms with Crippen molar-refractivity contribution in [2.75, 3.05) is 0 Å². The Hall–Kier alpha value is -1.88. The molecule has 100 valence electrons. The minimum absolute atomic E-state index is 0.0207. The molecule has 2 rings (SSSR count). The van der Waals surface area contributed by atoms with Crippen molar-refractivity contribution in [1.29, 1.82) is 0 Å². The third-order valence-electron chi connectivity index (χ3n) is 2.81. The van der Waals surface area contributed by atoms with Crippen LogP contribution in [0.4, 0.5) is 17.6 Å². The fourth-order valence-electron chi connectivity index (χ4n) is 1.76. The molecule has 2 aromatic carbocycles. The van der Waals surface area contributed by atoms with Gasteiger partial charge in [-0.2, -0.15) is 0 Å². The summed E-state index contributed by atoms with van der Waals surface area (Å²) in [5.41, 5.74) is 6.18. The summed E-state index contributed by atoms with van der Waals surface area (Å²) in [5.74, 6) is -4.96. The molecule has 19 heavy (non-hydrogen) atoms. The Morgan fingerprint density at radius 1 is 0.895 bits per heavy atom. The molecule has 0 radical (unpaired) electrons. The monoisotopic (exact) mass is 269 g/mol. The maximum Gasteiger partial charge on any atom is 0.194 e. The Labute approximate surface area is 107 Å². The van der Waals surface area contributed by atoms with Crippen LogP contribution in [0.25, 0.3) is 11.1 Å². The van der Waals surface area contributed by atoms with Gasteiger partial charge in [0.05, 0.1) is 0 Å². The van der Waals surface area contributed by atoms with Gasteiger partial charge in [-0.05, 0) is 42.3 Å². The quantitative estimate of drug-likeness (QED) is 0.648. The van der Waals surface area contributed by atoms with E-state index in [0.29, 0.717) is 5.56 Å². The van der Waals surface area contributed by atoms with Gasteiger partial charge in [0.2, 0.25) is 0 Å². The van der Waals surface area contributed by atoms with Crippen LogP contribution in [0.1, 0.15) is 18.5 Å². The molecule has 2 N–H and O–H groups in total. The minimum atomic E-state index is -1.58. The summed E-state index contributed by atoms with van der Waals surface area (Å²) in [4.78, 5) is 0. The van der Waals surface area contributed by atoms with Gasteiger partial charge in [0.1, 0.15) is 5.82 Å². The van der Waals surface area contributed by atoms with Crippen molar-refractivity contribution in [3.63, 3.8) is 0 Å². The molecule has 0 saturated carbocycles. The summed E-state index contributed by atoms with van der Waals surface area (Å²) in [5, 5.41) is 0. The lowest BCUT2D eigenvalue weighted by Crippen LogP contribution is -2.05. The van der Waals surface area contributed by atoms with Crippen molar-refractivity contribution < 1.29 is 17.6 Å². The zero-order valence-electron chi connectivity index (χ0n) is 10.1. The molecule has 0 heterocycles. The predicted molar refractivity (Wildman–Crippen MR) is 64.3 cm³/mol. The van der Waals surface area contributed by atoms with E-state index in [2.05, 4.69) is 0 Å². The topological polar surface area (TPSA) is 26.0 Å². The maximum absolute atomic E-state index is 13.7. The molecule has 5 heteroatoms. The molecule has 0 aliphatic rings. The molecule has 1 unspecified atom stereocenters. The van der Waals surface area contributed by atoms with Gasteiger partial charge in [0.15, 0.2) is 17.5 Å². The maximum atomic E-state index is 13.7. The van der Waals surface area contributed by atoms with Crippen molar-refractivity contribution >= 4 is 0 Å². The van der Waals surface area contributed by atoms with Gasteiger partial charge in [-0.25, -0.2) is 17.6 Å². The molecule has 0 fully saturated rings. The van der Waals surface area contributed by atoms with E-state index < -0.39 is 23.3 Å². The van der Waals surface area contributed by atoms with Gasteiger partial charge in [-0.15, -0.1) is 0 Å². The van der Waals surface area contributed by atoms with E-state index in [1.165, 1.54) is 12.1 Å². The van der Waals surface area contributed by atoms with Crippen molar-refractivity contribution in [2.24, 2.45) is 5.73 Å². The Bertz CT molecular complexity index is 600. The van der Waals surface area contributed by atoms with Crippen molar-refractivity contribution in [3.8, 4) is 11.1 Å². The first-order chi connectivity index (χ1) is 8.90. The molecule has 1 atom stereocenters. The summed E-state index contributed by atoms with van der Waals surface area (Å²) >= 11 is 0. The standard InChI is InChI=1S/C14H11F4N/c1-7(19)8-2-3-11(15)10(4-8)9-5-12(16)14(18)13(17)6-9/h2-7H,19H2,1H3. The number of hydrogen-bond acceptors (Lipinski definition) is 1. The van der Waals surface area contributed by atoms with Crippen LogP contribution in [-0.4, -0.2) is 0 Å². The summed E-state index contributed by atoms with van der Waals surface area (Å²) in [6.45, 7) is 1.70. The van der Waals surface area contributed by atoms with Crippen LogP contribution in [0.5, 0.6) is 0 Å². The van der Waals surface area contributed by atoms with Crippen LogP contribution in [0, 0.1) is 23.3 Å². The molecule has 0 aliphatic carbocycles. The molecule has 0 saturated heterocycles. The highest BCUT2D eigenvalue weighted by molar-refractivity contribution is 5.65. The molecule has 1 nitrogen and oxygen atoms in total. The average molecular weight is 269 g/mol. The van der Waals surface area contributed by atoms with Gasteiger partial charge in [-0.1, -0.05) is 6.07 Å². The Morgan fingerprint density at radius 3 is 2.00 bits per heavy atom. The highest BCUT2D eigenvalue weighted by atomic mass is 19.2.